The summed E-state index contributed by atoms with van der Waals surface area (Å²) in [7, 11) is 2.73. The van der Waals surface area contributed by atoms with Crippen LogP contribution in [0.15, 0.2) is 24.8 Å². The van der Waals surface area contributed by atoms with E-state index in [2.05, 4.69) is 11.9 Å². The smallest absolute Gasteiger partial charge is 0.326 e. The normalized spacial score (nSPS) is 11.3. The third-order valence-corrected chi connectivity index (χ3v) is 2.73. The second-order valence-corrected chi connectivity index (χ2v) is 4.04. The maximum atomic E-state index is 11.1. The second-order valence-electron chi connectivity index (χ2n) is 4.04. The summed E-state index contributed by atoms with van der Waals surface area (Å²) in [5.74, 6) is -0.697. The van der Waals surface area contributed by atoms with E-state index in [-0.39, 0.29) is 29.3 Å². The van der Waals surface area contributed by atoms with Crippen molar-refractivity contribution in [3.05, 3.63) is 34.9 Å². The Morgan fingerprint density at radius 1 is 1.48 bits per heavy atom. The van der Waals surface area contributed by atoms with Crippen molar-refractivity contribution < 1.29 is 24.3 Å². The predicted molar refractivity (Wildman–Crippen MR) is 76.1 cm³/mol. The molecule has 1 rings (SSSR count). The fourth-order valence-corrected chi connectivity index (χ4v) is 1.71. The minimum atomic E-state index is -1.14. The monoisotopic (exact) mass is 296 g/mol. The van der Waals surface area contributed by atoms with E-state index >= 15 is 0 Å². The molecule has 0 heterocycles. The molecule has 0 fully saturated rings. The van der Waals surface area contributed by atoms with Crippen LogP contribution in [0, 0.1) is 10.1 Å². The number of nitro benzene ring substituents is 1. The summed E-state index contributed by atoms with van der Waals surface area (Å²) in [6.07, 6.45) is 1.53. The minimum absolute atomic E-state index is 0.0342. The molecule has 1 aromatic carbocycles. The van der Waals surface area contributed by atoms with Crippen LogP contribution in [-0.4, -0.2) is 36.3 Å². The molecule has 0 aliphatic carbocycles. The Labute approximate surface area is 121 Å². The molecule has 2 N–H and O–H groups in total. The molecular weight excluding hydrogens is 280 g/mol. The molecule has 114 valence electrons. The highest BCUT2D eigenvalue weighted by atomic mass is 16.6. The highest BCUT2D eigenvalue weighted by Crippen LogP contribution is 2.38. The topological polar surface area (TPSA) is 111 Å². The standard InChI is InChI=1S/C13H16N2O6/c1-4-5-8(13(16)17)14-9-6-11(20-2)12(21-3)7-10(9)15(18)19/h4,6-8,14H,1,5H2,2-3H3,(H,16,17). The van der Waals surface area contributed by atoms with Gasteiger partial charge in [-0.05, 0) is 6.42 Å². The summed E-state index contributed by atoms with van der Waals surface area (Å²) in [5, 5.41) is 22.8. The van der Waals surface area contributed by atoms with Gasteiger partial charge in [-0.25, -0.2) is 4.79 Å². The van der Waals surface area contributed by atoms with Crippen LogP contribution in [0.5, 0.6) is 11.5 Å². The molecule has 1 unspecified atom stereocenters. The number of nitro groups is 1. The van der Waals surface area contributed by atoms with Crippen LogP contribution < -0.4 is 14.8 Å². The van der Waals surface area contributed by atoms with Crippen LogP contribution in [0.1, 0.15) is 6.42 Å². The third-order valence-electron chi connectivity index (χ3n) is 2.73. The van der Waals surface area contributed by atoms with Crippen molar-refractivity contribution in [2.45, 2.75) is 12.5 Å². The number of aliphatic carboxylic acids is 1. The largest absolute Gasteiger partial charge is 0.493 e. The van der Waals surface area contributed by atoms with Gasteiger partial charge in [-0.15, -0.1) is 6.58 Å². The number of ether oxygens (including phenoxy) is 2. The van der Waals surface area contributed by atoms with Gasteiger partial charge in [0.25, 0.3) is 5.69 Å². The first kappa shape index (κ1) is 16.3. The Hall–Kier alpha value is -2.77. The average Bonchev–Trinajstić information content (AvgIpc) is 2.45. The quantitative estimate of drug-likeness (QED) is 0.429. The molecule has 8 heteroatoms. The summed E-state index contributed by atoms with van der Waals surface area (Å²) in [5.41, 5.74) is -0.269. The molecule has 0 saturated carbocycles. The van der Waals surface area contributed by atoms with E-state index in [0.29, 0.717) is 0 Å². The zero-order valence-electron chi connectivity index (χ0n) is 11.7. The second kappa shape index (κ2) is 7.13. The Balaban J connectivity index is 3.28. The summed E-state index contributed by atoms with van der Waals surface area (Å²) < 4.78 is 10.1. The Kier molecular flexibility index (Phi) is 5.53. The van der Waals surface area contributed by atoms with Crippen LogP contribution in [0.3, 0.4) is 0 Å². The van der Waals surface area contributed by atoms with Gasteiger partial charge >= 0.3 is 5.97 Å². The molecular formula is C13H16N2O6. The lowest BCUT2D eigenvalue weighted by molar-refractivity contribution is -0.384. The first-order valence-corrected chi connectivity index (χ1v) is 5.95. The molecule has 1 atom stereocenters. The molecule has 0 aliphatic heterocycles. The van der Waals surface area contributed by atoms with Crippen LogP contribution in [-0.2, 0) is 4.79 Å². The van der Waals surface area contributed by atoms with E-state index in [1.807, 2.05) is 0 Å². The number of nitrogens with one attached hydrogen (secondary N) is 1. The van der Waals surface area contributed by atoms with E-state index in [1.54, 1.807) is 0 Å². The summed E-state index contributed by atoms with van der Waals surface area (Å²) in [4.78, 5) is 21.6. The maximum absolute atomic E-state index is 11.1. The van der Waals surface area contributed by atoms with Gasteiger partial charge in [0.15, 0.2) is 11.5 Å². The summed E-state index contributed by atoms with van der Waals surface area (Å²) in [6, 6.07) is 1.48. The van der Waals surface area contributed by atoms with Crippen molar-refractivity contribution in [1.82, 2.24) is 0 Å². The number of hydrogen-bond donors (Lipinski definition) is 2. The van der Waals surface area contributed by atoms with Gasteiger partial charge in [-0.2, -0.15) is 0 Å². The Morgan fingerprint density at radius 3 is 2.48 bits per heavy atom. The minimum Gasteiger partial charge on any atom is -0.493 e. The van der Waals surface area contributed by atoms with Crippen molar-refractivity contribution >= 4 is 17.3 Å². The van der Waals surface area contributed by atoms with Crippen LogP contribution in [0.4, 0.5) is 11.4 Å². The SMILES string of the molecule is C=CCC(Nc1cc(OC)c(OC)cc1[N+](=O)[O-])C(=O)O. The molecule has 8 nitrogen and oxygen atoms in total. The number of rotatable bonds is 8. The summed E-state index contributed by atoms with van der Waals surface area (Å²) >= 11 is 0. The van der Waals surface area contributed by atoms with E-state index < -0.39 is 16.9 Å². The predicted octanol–water partition coefficient (Wildman–Crippen LogP) is 2.05. The van der Waals surface area contributed by atoms with Crippen molar-refractivity contribution in [2.75, 3.05) is 19.5 Å². The molecule has 0 aliphatic rings. The van der Waals surface area contributed by atoms with E-state index in [1.165, 1.54) is 32.4 Å². The molecule has 0 spiro atoms. The highest BCUT2D eigenvalue weighted by Gasteiger charge is 2.24. The zero-order valence-corrected chi connectivity index (χ0v) is 11.7. The van der Waals surface area contributed by atoms with Gasteiger partial charge in [-0.3, -0.25) is 10.1 Å². The molecule has 0 amide bonds. The Bertz CT molecular complexity index is 558. The lowest BCUT2D eigenvalue weighted by Crippen LogP contribution is -2.28. The number of carbonyl (C=O) groups is 1. The molecule has 0 aromatic heterocycles. The first-order chi connectivity index (χ1) is 9.94. The van der Waals surface area contributed by atoms with Crippen molar-refractivity contribution in [3.8, 4) is 11.5 Å². The molecule has 0 saturated heterocycles. The van der Waals surface area contributed by atoms with E-state index in [9.17, 15) is 14.9 Å². The van der Waals surface area contributed by atoms with E-state index in [0.717, 1.165) is 0 Å². The van der Waals surface area contributed by atoms with Gasteiger partial charge in [0.2, 0.25) is 0 Å². The summed E-state index contributed by atoms with van der Waals surface area (Å²) in [6.45, 7) is 3.46. The molecule has 21 heavy (non-hydrogen) atoms. The number of nitrogens with zero attached hydrogens (tertiary/aromatic N) is 1. The third kappa shape index (κ3) is 3.85. The molecule has 0 radical (unpaired) electrons. The van der Waals surface area contributed by atoms with E-state index in [4.69, 9.17) is 14.6 Å². The van der Waals surface area contributed by atoms with Gasteiger partial charge in [0.1, 0.15) is 11.7 Å². The number of benzene rings is 1. The van der Waals surface area contributed by atoms with Crippen LogP contribution in [0.25, 0.3) is 0 Å². The average molecular weight is 296 g/mol. The molecule has 1 aromatic rings. The fourth-order valence-electron chi connectivity index (χ4n) is 1.71. The number of carboxylic acid groups (broad SMARTS) is 1. The van der Waals surface area contributed by atoms with Crippen molar-refractivity contribution in [1.29, 1.82) is 0 Å². The van der Waals surface area contributed by atoms with Crippen LogP contribution >= 0.6 is 0 Å². The van der Waals surface area contributed by atoms with Crippen molar-refractivity contribution in [2.24, 2.45) is 0 Å². The first-order valence-electron chi connectivity index (χ1n) is 5.95. The molecule has 0 bridgehead atoms. The van der Waals surface area contributed by atoms with Crippen LogP contribution in [0.2, 0.25) is 0 Å². The van der Waals surface area contributed by atoms with Gasteiger partial charge in [0, 0.05) is 6.07 Å². The maximum Gasteiger partial charge on any atom is 0.326 e. The number of hydrogen-bond acceptors (Lipinski definition) is 6. The zero-order chi connectivity index (χ0) is 16.0. The number of anilines is 1. The van der Waals surface area contributed by atoms with Crippen molar-refractivity contribution in [3.63, 3.8) is 0 Å². The fraction of sp³-hybridized carbons (Fsp3) is 0.308. The van der Waals surface area contributed by atoms with Gasteiger partial charge in [-0.1, -0.05) is 6.08 Å². The lowest BCUT2D eigenvalue weighted by atomic mass is 10.1. The van der Waals surface area contributed by atoms with Gasteiger partial charge in [0.05, 0.1) is 25.2 Å². The van der Waals surface area contributed by atoms with Gasteiger partial charge < -0.3 is 19.9 Å². The number of methoxy groups -OCH3 is 2. The highest BCUT2D eigenvalue weighted by molar-refractivity contribution is 5.80. The Morgan fingerprint density at radius 2 is 2.05 bits per heavy atom. The lowest BCUT2D eigenvalue weighted by Gasteiger charge is -2.16. The number of carboxylic acids is 1.